The quantitative estimate of drug-likeness (QED) is 0.906. The summed E-state index contributed by atoms with van der Waals surface area (Å²) < 4.78 is 0. The summed E-state index contributed by atoms with van der Waals surface area (Å²) in [5, 5.41) is 3.21. The highest BCUT2D eigenvalue weighted by Gasteiger charge is 2.26. The van der Waals surface area contributed by atoms with Crippen molar-refractivity contribution in [2.45, 2.75) is 52.5 Å². The molecule has 0 spiro atoms. The van der Waals surface area contributed by atoms with Gasteiger partial charge in [-0.15, -0.1) is 0 Å². The first-order valence-corrected chi connectivity index (χ1v) is 7.98. The van der Waals surface area contributed by atoms with Crippen molar-refractivity contribution in [3.63, 3.8) is 0 Å². The Balaban J connectivity index is 2.01. The fourth-order valence-electron chi connectivity index (χ4n) is 2.68. The predicted molar refractivity (Wildman–Crippen MR) is 84.3 cm³/mol. The van der Waals surface area contributed by atoms with Gasteiger partial charge < -0.3 is 10.2 Å². The molecule has 5 nitrogen and oxygen atoms in total. The second-order valence-corrected chi connectivity index (χ2v) is 6.12. The molecule has 1 atom stereocenters. The minimum Gasteiger partial charge on any atom is -0.369 e. The van der Waals surface area contributed by atoms with E-state index in [0.717, 1.165) is 38.2 Å². The first-order valence-electron chi connectivity index (χ1n) is 7.98. The summed E-state index contributed by atoms with van der Waals surface area (Å²) in [6.07, 6.45) is 7.65. The lowest BCUT2D eigenvalue weighted by atomic mass is 10.00. The lowest BCUT2D eigenvalue weighted by molar-refractivity contribution is 0.0601. The van der Waals surface area contributed by atoms with Gasteiger partial charge in [-0.05, 0) is 31.6 Å². The first-order chi connectivity index (χ1) is 10.1. The van der Waals surface area contributed by atoms with Crippen molar-refractivity contribution in [2.24, 2.45) is 5.92 Å². The van der Waals surface area contributed by atoms with Crippen molar-refractivity contribution in [2.75, 3.05) is 18.4 Å². The number of rotatable bonds is 5. The Morgan fingerprint density at radius 1 is 1.38 bits per heavy atom. The summed E-state index contributed by atoms with van der Waals surface area (Å²) in [7, 11) is 0. The maximum absolute atomic E-state index is 12.5. The Labute approximate surface area is 127 Å². The van der Waals surface area contributed by atoms with Gasteiger partial charge in [0.15, 0.2) is 0 Å². The molecule has 1 aromatic rings. The van der Waals surface area contributed by atoms with E-state index in [0.29, 0.717) is 17.7 Å². The van der Waals surface area contributed by atoms with E-state index in [-0.39, 0.29) is 5.91 Å². The van der Waals surface area contributed by atoms with E-state index in [4.69, 9.17) is 0 Å². The molecule has 0 aliphatic carbocycles. The molecular formula is C16H26N4O. The molecule has 5 heteroatoms. The molecule has 2 heterocycles. The number of likely N-dealkylation sites (tertiary alicyclic amines) is 1. The molecule has 0 aromatic carbocycles. The molecule has 2 rings (SSSR count). The Morgan fingerprint density at radius 3 is 2.81 bits per heavy atom. The van der Waals surface area contributed by atoms with Crippen LogP contribution in [0.3, 0.4) is 0 Å². The van der Waals surface area contributed by atoms with Gasteiger partial charge in [0.2, 0.25) is 0 Å². The number of nitrogens with zero attached hydrogens (tertiary/aromatic N) is 3. The lowest BCUT2D eigenvalue weighted by Gasteiger charge is -2.34. The van der Waals surface area contributed by atoms with Gasteiger partial charge in [0.05, 0.1) is 12.4 Å². The zero-order chi connectivity index (χ0) is 15.2. The number of carbonyl (C=O) groups excluding carboxylic acids is 1. The number of piperidine rings is 1. The number of hydrogen-bond donors (Lipinski definition) is 1. The van der Waals surface area contributed by atoms with Gasteiger partial charge in [0.25, 0.3) is 5.91 Å². The van der Waals surface area contributed by atoms with Gasteiger partial charge in [-0.2, -0.15) is 0 Å². The van der Waals surface area contributed by atoms with E-state index in [1.807, 2.05) is 4.90 Å². The van der Waals surface area contributed by atoms with Crippen LogP contribution < -0.4 is 5.32 Å². The molecule has 1 amide bonds. The van der Waals surface area contributed by atoms with Crippen LogP contribution in [0.5, 0.6) is 0 Å². The Morgan fingerprint density at radius 2 is 2.19 bits per heavy atom. The van der Waals surface area contributed by atoms with Crippen LogP contribution in [0.25, 0.3) is 0 Å². The minimum atomic E-state index is 0.0180. The van der Waals surface area contributed by atoms with E-state index in [1.54, 1.807) is 12.4 Å². The molecule has 1 aliphatic rings. The fourth-order valence-corrected chi connectivity index (χ4v) is 2.68. The molecule has 1 aromatic heterocycles. The molecule has 1 fully saturated rings. The number of amides is 1. The number of carbonyl (C=O) groups is 1. The number of hydrogen-bond acceptors (Lipinski definition) is 4. The van der Waals surface area contributed by atoms with Gasteiger partial charge in [-0.1, -0.05) is 20.8 Å². The van der Waals surface area contributed by atoms with Crippen LogP contribution in [-0.2, 0) is 0 Å². The smallest absolute Gasteiger partial charge is 0.274 e. The predicted octanol–water partition coefficient (Wildman–Crippen LogP) is 2.95. The van der Waals surface area contributed by atoms with Crippen molar-refractivity contribution in [1.29, 1.82) is 0 Å². The summed E-state index contributed by atoms with van der Waals surface area (Å²) in [5.41, 5.74) is 0.449. The average molecular weight is 290 g/mol. The van der Waals surface area contributed by atoms with Crippen molar-refractivity contribution in [3.05, 3.63) is 18.1 Å². The SMILES string of the molecule is CCC1CCCCN1C(=O)c1cnc(NCC(C)C)cn1. The topological polar surface area (TPSA) is 58.1 Å². The maximum Gasteiger partial charge on any atom is 0.274 e. The summed E-state index contributed by atoms with van der Waals surface area (Å²) >= 11 is 0. The molecular weight excluding hydrogens is 264 g/mol. The van der Waals surface area contributed by atoms with E-state index in [2.05, 4.69) is 36.1 Å². The molecule has 1 N–H and O–H groups in total. The third-order valence-electron chi connectivity index (χ3n) is 3.92. The van der Waals surface area contributed by atoms with Crippen molar-refractivity contribution in [1.82, 2.24) is 14.9 Å². The molecule has 1 unspecified atom stereocenters. The van der Waals surface area contributed by atoms with Gasteiger partial charge in [-0.3, -0.25) is 4.79 Å². The van der Waals surface area contributed by atoms with Gasteiger partial charge in [0, 0.05) is 19.1 Å². The molecule has 21 heavy (non-hydrogen) atoms. The third kappa shape index (κ3) is 4.16. The largest absolute Gasteiger partial charge is 0.369 e. The molecule has 0 bridgehead atoms. The van der Waals surface area contributed by atoms with Crippen molar-refractivity contribution < 1.29 is 4.79 Å². The summed E-state index contributed by atoms with van der Waals surface area (Å²) in [5.74, 6) is 1.29. The van der Waals surface area contributed by atoms with Gasteiger partial charge in [-0.25, -0.2) is 9.97 Å². The molecule has 116 valence electrons. The van der Waals surface area contributed by atoms with Gasteiger partial charge in [0.1, 0.15) is 11.5 Å². The van der Waals surface area contributed by atoms with Crippen LogP contribution in [0.15, 0.2) is 12.4 Å². The Hall–Kier alpha value is -1.65. The second kappa shape index (κ2) is 7.38. The van der Waals surface area contributed by atoms with E-state index in [1.165, 1.54) is 6.42 Å². The monoisotopic (exact) mass is 290 g/mol. The summed E-state index contributed by atoms with van der Waals surface area (Å²) in [6, 6.07) is 0.354. The van der Waals surface area contributed by atoms with Crippen molar-refractivity contribution in [3.8, 4) is 0 Å². The van der Waals surface area contributed by atoms with Crippen LogP contribution in [0, 0.1) is 5.92 Å². The number of nitrogens with one attached hydrogen (secondary N) is 1. The third-order valence-corrected chi connectivity index (χ3v) is 3.92. The summed E-state index contributed by atoms with van der Waals surface area (Å²) in [4.78, 5) is 23.1. The zero-order valence-corrected chi connectivity index (χ0v) is 13.3. The number of aromatic nitrogens is 2. The highest BCUT2D eigenvalue weighted by molar-refractivity contribution is 5.92. The summed E-state index contributed by atoms with van der Waals surface area (Å²) in [6.45, 7) is 8.11. The van der Waals surface area contributed by atoms with E-state index in [9.17, 15) is 4.79 Å². The van der Waals surface area contributed by atoms with Crippen LogP contribution in [0.4, 0.5) is 5.82 Å². The molecule has 0 saturated carbocycles. The Bertz CT molecular complexity index is 458. The highest BCUT2D eigenvalue weighted by Crippen LogP contribution is 2.21. The second-order valence-electron chi connectivity index (χ2n) is 6.12. The molecule has 1 aliphatic heterocycles. The van der Waals surface area contributed by atoms with E-state index < -0.39 is 0 Å². The van der Waals surface area contributed by atoms with Crippen LogP contribution in [-0.4, -0.2) is 39.9 Å². The van der Waals surface area contributed by atoms with Crippen LogP contribution in [0.2, 0.25) is 0 Å². The van der Waals surface area contributed by atoms with E-state index >= 15 is 0 Å². The zero-order valence-electron chi connectivity index (χ0n) is 13.3. The maximum atomic E-state index is 12.5. The van der Waals surface area contributed by atoms with Crippen molar-refractivity contribution >= 4 is 11.7 Å². The Kier molecular flexibility index (Phi) is 5.53. The van der Waals surface area contributed by atoms with Crippen LogP contribution >= 0.6 is 0 Å². The molecule has 1 saturated heterocycles. The van der Waals surface area contributed by atoms with Gasteiger partial charge >= 0.3 is 0 Å². The standard InChI is InChI=1S/C16H26N4O/c1-4-13-7-5-6-8-20(13)16(21)14-10-19-15(11-17-14)18-9-12(2)3/h10-13H,4-9H2,1-3H3,(H,18,19). The highest BCUT2D eigenvalue weighted by atomic mass is 16.2. The average Bonchev–Trinajstić information content (AvgIpc) is 2.52. The minimum absolute atomic E-state index is 0.0180. The fraction of sp³-hybridized carbons (Fsp3) is 0.688. The van der Waals surface area contributed by atoms with Crippen LogP contribution in [0.1, 0.15) is 56.9 Å². The normalized spacial score (nSPS) is 18.9. The molecule has 0 radical (unpaired) electrons. The lowest BCUT2D eigenvalue weighted by Crippen LogP contribution is -2.43. The first kappa shape index (κ1) is 15.7. The number of anilines is 1.